The van der Waals surface area contributed by atoms with E-state index in [0.29, 0.717) is 0 Å². The minimum Gasteiger partial charge on any atom is -0.380 e. The van der Waals surface area contributed by atoms with Gasteiger partial charge in [-0.25, -0.2) is 0 Å². The van der Waals surface area contributed by atoms with Crippen molar-refractivity contribution in [1.29, 1.82) is 0 Å². The van der Waals surface area contributed by atoms with Crippen molar-refractivity contribution in [2.24, 2.45) is 10.8 Å². The van der Waals surface area contributed by atoms with Crippen LogP contribution in [-0.2, 0) is 18.9 Å². The highest BCUT2D eigenvalue weighted by Crippen LogP contribution is 2.65. The lowest BCUT2D eigenvalue weighted by Gasteiger charge is -2.58. The second-order valence-electron chi connectivity index (χ2n) is 14.5. The van der Waals surface area contributed by atoms with E-state index in [1.165, 1.54) is 0 Å². The Kier molecular flexibility index (Phi) is 14.1. The first kappa shape index (κ1) is 55.9. The first-order chi connectivity index (χ1) is 26.8. The summed E-state index contributed by atoms with van der Waals surface area (Å²) < 4.78 is 421. The zero-order chi connectivity index (χ0) is 49.6. The Morgan fingerprint density at radius 3 is 0.758 bits per heavy atom. The normalized spacial score (nSPS) is 25.2. The summed E-state index contributed by atoms with van der Waals surface area (Å²) in [5, 5.41) is 0. The molecule has 370 valence electrons. The molecule has 2 fully saturated rings. The Morgan fingerprint density at radius 2 is 0.565 bits per heavy atom. The van der Waals surface area contributed by atoms with Crippen molar-refractivity contribution in [2.75, 3.05) is 39.6 Å². The first-order valence-corrected chi connectivity index (χ1v) is 15.9. The molecule has 4 nitrogen and oxygen atoms in total. The molecule has 0 amide bonds. The summed E-state index contributed by atoms with van der Waals surface area (Å²) in [6, 6.07) is 0. The average molecular weight is 994 g/mol. The quantitative estimate of drug-likeness (QED) is 0.0848. The summed E-state index contributed by atoms with van der Waals surface area (Å²) >= 11 is 0. The van der Waals surface area contributed by atoms with Gasteiger partial charge < -0.3 is 18.9 Å². The zero-order valence-corrected chi connectivity index (χ0v) is 29.8. The third-order valence-corrected chi connectivity index (χ3v) is 9.60. The van der Waals surface area contributed by atoms with Crippen LogP contribution in [0.4, 0.5) is 132 Å². The van der Waals surface area contributed by atoms with Crippen molar-refractivity contribution >= 4 is 0 Å². The maximum absolute atomic E-state index is 14.2. The Bertz CT molecular complexity index is 1570. The van der Waals surface area contributed by atoms with Crippen LogP contribution in [0.25, 0.3) is 0 Å². The van der Waals surface area contributed by atoms with Crippen LogP contribution in [0, 0.1) is 10.8 Å². The van der Waals surface area contributed by atoms with E-state index >= 15 is 0 Å². The van der Waals surface area contributed by atoms with E-state index in [2.05, 4.69) is 9.47 Å². The molecule has 0 aromatic carbocycles. The molecule has 2 saturated heterocycles. The highest BCUT2D eigenvalue weighted by atomic mass is 19.4. The van der Waals surface area contributed by atoms with Gasteiger partial charge in [0.2, 0.25) is 0 Å². The highest BCUT2D eigenvalue weighted by Gasteiger charge is 2.95. The van der Waals surface area contributed by atoms with E-state index in [9.17, 15) is 132 Å². The molecule has 4 atom stereocenters. The van der Waals surface area contributed by atoms with Crippen LogP contribution in [0.5, 0.6) is 0 Å². The van der Waals surface area contributed by atoms with Gasteiger partial charge in [0.1, 0.15) is 0 Å². The lowest BCUT2D eigenvalue weighted by Crippen LogP contribution is -2.74. The molecular formula is C28H24F30O4. The summed E-state index contributed by atoms with van der Waals surface area (Å²) in [6.45, 7) is -4.95. The van der Waals surface area contributed by atoms with E-state index in [4.69, 9.17) is 9.47 Å². The van der Waals surface area contributed by atoms with Gasteiger partial charge in [0.25, 0.3) is 0 Å². The predicted octanol–water partition coefficient (Wildman–Crippen LogP) is 11.4. The van der Waals surface area contributed by atoms with Crippen molar-refractivity contribution < 1.29 is 151 Å². The standard InChI is InChI=1S/C28H24F30O4/c1-13(7-59-5-3-15(29,30)17(33,34)19(37,38)21(41,42)22(43,44)24(47,48)26(51,52)28(56,57)58)9-61-11(13)12-14(2,10-62-12)8-60-6-4-16(31,32)18(35,36)20(39,40)23(45,46)25(49,50)27(53,54)55/h11-12H,3-10H2,1-2H3. The van der Waals surface area contributed by atoms with Crippen LogP contribution in [0.3, 0.4) is 0 Å². The topological polar surface area (TPSA) is 36.9 Å². The van der Waals surface area contributed by atoms with Crippen LogP contribution < -0.4 is 0 Å². The highest BCUT2D eigenvalue weighted by molar-refractivity contribution is 5.15. The number of rotatable bonds is 21. The number of alkyl halides is 30. The molecular weight excluding hydrogens is 970 g/mol. The fraction of sp³-hybridized carbons (Fsp3) is 1.00. The molecule has 0 radical (unpaired) electrons. The zero-order valence-electron chi connectivity index (χ0n) is 29.8. The minimum absolute atomic E-state index is 0.545. The monoisotopic (exact) mass is 994 g/mol. The van der Waals surface area contributed by atoms with Gasteiger partial charge >= 0.3 is 83.4 Å². The van der Waals surface area contributed by atoms with Crippen LogP contribution >= 0.6 is 0 Å². The SMILES string of the molecule is CC1(COCCC(F)(F)C(F)(F)C(F)(F)C(F)(F)C(F)(F)C(F)(F)F)COC1C1OCC1(C)COCCC(F)(F)C(F)(F)C(F)(F)C(F)(F)C(F)(F)C(F)(F)C(F)(F)C(F)(F)F. The number of halogens is 30. The van der Waals surface area contributed by atoms with Crippen molar-refractivity contribution in [1.82, 2.24) is 0 Å². The van der Waals surface area contributed by atoms with Gasteiger partial charge in [-0.3, -0.25) is 0 Å². The smallest absolute Gasteiger partial charge is 0.380 e. The molecule has 2 aliphatic rings. The van der Waals surface area contributed by atoms with Gasteiger partial charge in [0.15, 0.2) is 0 Å². The van der Waals surface area contributed by atoms with Crippen LogP contribution in [0.2, 0.25) is 0 Å². The molecule has 62 heavy (non-hydrogen) atoms. The van der Waals surface area contributed by atoms with Gasteiger partial charge in [-0.15, -0.1) is 0 Å². The third-order valence-electron chi connectivity index (χ3n) is 9.60. The maximum Gasteiger partial charge on any atom is 0.460 e. The molecule has 0 aliphatic carbocycles. The third kappa shape index (κ3) is 8.07. The van der Waals surface area contributed by atoms with E-state index in [0.717, 1.165) is 13.8 Å². The second kappa shape index (κ2) is 15.7. The summed E-state index contributed by atoms with van der Waals surface area (Å²) in [7, 11) is 0. The molecule has 0 aromatic heterocycles. The molecule has 34 heteroatoms. The average Bonchev–Trinajstić information content (AvgIpc) is 3.07. The van der Waals surface area contributed by atoms with Gasteiger partial charge in [-0.05, 0) is 0 Å². The summed E-state index contributed by atoms with van der Waals surface area (Å²) in [6.07, 6.45) is -24.2. The van der Waals surface area contributed by atoms with Crippen LogP contribution in [-0.4, -0.2) is 135 Å². The molecule has 0 saturated carbocycles. The maximum atomic E-state index is 14.2. The lowest BCUT2D eigenvalue weighted by molar-refractivity contribution is -0.462. The Balaban J connectivity index is 2.10. The molecule has 2 aliphatic heterocycles. The second-order valence-corrected chi connectivity index (χ2v) is 14.5. The van der Waals surface area contributed by atoms with Crippen LogP contribution in [0.15, 0.2) is 0 Å². The van der Waals surface area contributed by atoms with Crippen molar-refractivity contribution in [2.45, 2.75) is 122 Å². The van der Waals surface area contributed by atoms with Crippen molar-refractivity contribution in [3.8, 4) is 0 Å². The first-order valence-electron chi connectivity index (χ1n) is 15.9. The number of hydrogen-bond acceptors (Lipinski definition) is 4. The van der Waals surface area contributed by atoms with E-state index in [1.807, 2.05) is 0 Å². The van der Waals surface area contributed by atoms with E-state index < -0.39 is 159 Å². The summed E-state index contributed by atoms with van der Waals surface area (Å²) in [5.41, 5.74) is -3.23. The lowest BCUT2D eigenvalue weighted by atomic mass is 9.68. The van der Waals surface area contributed by atoms with Gasteiger partial charge in [0, 0.05) is 23.7 Å². The summed E-state index contributed by atoms with van der Waals surface area (Å²) in [4.78, 5) is 0. The largest absolute Gasteiger partial charge is 0.460 e. The van der Waals surface area contributed by atoms with E-state index in [1.54, 1.807) is 0 Å². The van der Waals surface area contributed by atoms with Gasteiger partial charge in [0.05, 0.1) is 51.8 Å². The predicted molar refractivity (Wildman–Crippen MR) is 138 cm³/mol. The molecule has 0 aromatic rings. The van der Waals surface area contributed by atoms with Crippen molar-refractivity contribution in [3.63, 3.8) is 0 Å². The van der Waals surface area contributed by atoms with Gasteiger partial charge in [-0.1, -0.05) is 13.8 Å². The van der Waals surface area contributed by atoms with Crippen LogP contribution in [0.1, 0.15) is 26.7 Å². The van der Waals surface area contributed by atoms with E-state index in [-0.39, 0.29) is 0 Å². The number of hydrogen-bond donors (Lipinski definition) is 0. The molecule has 0 N–H and O–H groups in total. The molecule has 4 unspecified atom stereocenters. The Morgan fingerprint density at radius 1 is 0.355 bits per heavy atom. The molecule has 2 rings (SSSR count). The summed E-state index contributed by atoms with van der Waals surface area (Å²) in [5.74, 6) is -96.3. The van der Waals surface area contributed by atoms with Gasteiger partial charge in [-0.2, -0.15) is 132 Å². The molecule has 0 bridgehead atoms. The molecule has 2 heterocycles. The fourth-order valence-electron chi connectivity index (χ4n) is 5.41. The number of ether oxygens (including phenoxy) is 4. The Hall–Kier alpha value is -2.26. The van der Waals surface area contributed by atoms with Crippen molar-refractivity contribution in [3.05, 3.63) is 0 Å². The Labute approximate surface area is 324 Å². The minimum atomic E-state index is -8.83. The fourth-order valence-corrected chi connectivity index (χ4v) is 5.41. The molecule has 0 spiro atoms.